The van der Waals surface area contributed by atoms with Gasteiger partial charge in [-0.15, -0.1) is 0 Å². The summed E-state index contributed by atoms with van der Waals surface area (Å²) in [5.41, 5.74) is -0.535. The van der Waals surface area contributed by atoms with E-state index in [0.717, 1.165) is 32.5 Å². The highest BCUT2D eigenvalue weighted by atomic mass is 16.4. The summed E-state index contributed by atoms with van der Waals surface area (Å²) in [5, 5.41) is 12.3. The fraction of sp³-hybridized carbons (Fsp3) is 0.857. The summed E-state index contributed by atoms with van der Waals surface area (Å²) in [7, 11) is 0. The van der Waals surface area contributed by atoms with E-state index in [1.807, 2.05) is 6.92 Å². The van der Waals surface area contributed by atoms with E-state index in [2.05, 4.69) is 10.2 Å². The number of hydrogen-bond acceptors (Lipinski definition) is 3. The molecule has 0 unspecified atom stereocenters. The van der Waals surface area contributed by atoms with Crippen LogP contribution >= 0.6 is 0 Å². The van der Waals surface area contributed by atoms with Gasteiger partial charge < -0.3 is 15.3 Å². The number of carbonyl (C=O) groups excluding carboxylic acids is 1. The van der Waals surface area contributed by atoms with E-state index in [0.29, 0.717) is 31.7 Å². The summed E-state index contributed by atoms with van der Waals surface area (Å²) in [6.45, 7) is 4.28. The Labute approximate surface area is 114 Å². The van der Waals surface area contributed by atoms with Crippen LogP contribution < -0.4 is 5.32 Å². The van der Waals surface area contributed by atoms with Gasteiger partial charge in [0.25, 0.3) is 0 Å². The monoisotopic (exact) mass is 268 g/mol. The Bertz CT molecular complexity index is 345. The Morgan fingerprint density at radius 3 is 2.42 bits per heavy atom. The molecule has 0 atom stereocenters. The molecule has 0 bridgehead atoms. The van der Waals surface area contributed by atoms with E-state index < -0.39 is 11.4 Å². The van der Waals surface area contributed by atoms with Crippen LogP contribution in [0.25, 0.3) is 0 Å². The van der Waals surface area contributed by atoms with E-state index in [4.69, 9.17) is 0 Å². The van der Waals surface area contributed by atoms with Crippen LogP contribution in [0, 0.1) is 5.41 Å². The molecule has 5 heteroatoms. The average Bonchev–Trinajstić information content (AvgIpc) is 3.20. The molecular formula is C14H24N2O3. The van der Waals surface area contributed by atoms with Crippen molar-refractivity contribution >= 4 is 11.9 Å². The number of nitrogens with zero attached hydrogens (tertiary/aromatic N) is 1. The highest BCUT2D eigenvalue weighted by Gasteiger charge is 2.39. The summed E-state index contributed by atoms with van der Waals surface area (Å²) in [4.78, 5) is 25.1. The highest BCUT2D eigenvalue weighted by molar-refractivity contribution is 5.76. The zero-order chi connectivity index (χ0) is 13.9. The van der Waals surface area contributed by atoms with Crippen molar-refractivity contribution in [3.63, 3.8) is 0 Å². The van der Waals surface area contributed by atoms with Gasteiger partial charge in [0.1, 0.15) is 0 Å². The first kappa shape index (κ1) is 14.3. The number of aliphatic carboxylic acids is 1. The molecule has 5 nitrogen and oxygen atoms in total. The predicted molar refractivity (Wildman–Crippen MR) is 71.8 cm³/mol. The molecule has 19 heavy (non-hydrogen) atoms. The van der Waals surface area contributed by atoms with Crippen molar-refractivity contribution in [2.75, 3.05) is 19.6 Å². The number of amides is 1. The lowest BCUT2D eigenvalue weighted by Crippen LogP contribution is -2.45. The average molecular weight is 268 g/mol. The van der Waals surface area contributed by atoms with Crippen LogP contribution in [0.5, 0.6) is 0 Å². The number of carboxylic acid groups (broad SMARTS) is 1. The molecule has 2 fully saturated rings. The maximum absolute atomic E-state index is 11.6. The van der Waals surface area contributed by atoms with Gasteiger partial charge in [-0.05, 0) is 45.2 Å². The topological polar surface area (TPSA) is 69.6 Å². The first-order valence-corrected chi connectivity index (χ1v) is 7.31. The first-order chi connectivity index (χ1) is 9.05. The van der Waals surface area contributed by atoms with Crippen LogP contribution in [0.3, 0.4) is 0 Å². The van der Waals surface area contributed by atoms with Crippen LogP contribution in [0.15, 0.2) is 0 Å². The van der Waals surface area contributed by atoms with Gasteiger partial charge in [-0.25, -0.2) is 0 Å². The maximum Gasteiger partial charge on any atom is 0.309 e. The van der Waals surface area contributed by atoms with E-state index in [1.54, 1.807) is 0 Å². The maximum atomic E-state index is 11.6. The molecule has 0 aromatic heterocycles. The number of piperidine rings is 1. The van der Waals surface area contributed by atoms with Crippen molar-refractivity contribution < 1.29 is 14.7 Å². The minimum Gasteiger partial charge on any atom is -0.481 e. The van der Waals surface area contributed by atoms with Gasteiger partial charge in [-0.2, -0.15) is 0 Å². The third kappa shape index (κ3) is 3.69. The molecule has 1 heterocycles. The number of hydrogen-bond donors (Lipinski definition) is 2. The molecule has 0 aromatic carbocycles. The molecule has 2 N–H and O–H groups in total. The van der Waals surface area contributed by atoms with E-state index in [9.17, 15) is 14.7 Å². The third-order valence-electron chi connectivity index (χ3n) is 4.54. The van der Waals surface area contributed by atoms with Gasteiger partial charge in [-0.3, -0.25) is 9.59 Å². The normalized spacial score (nSPS) is 23.0. The second kappa shape index (κ2) is 5.90. The largest absolute Gasteiger partial charge is 0.481 e. The molecule has 0 radical (unpaired) electrons. The third-order valence-corrected chi connectivity index (χ3v) is 4.54. The molecule has 1 amide bonds. The molecular weight excluding hydrogens is 244 g/mol. The summed E-state index contributed by atoms with van der Waals surface area (Å²) >= 11 is 0. The Balaban J connectivity index is 1.70. The fourth-order valence-corrected chi connectivity index (χ4v) is 2.71. The van der Waals surface area contributed by atoms with Crippen LogP contribution in [-0.4, -0.2) is 47.6 Å². The van der Waals surface area contributed by atoms with Gasteiger partial charge in [0, 0.05) is 19.0 Å². The number of carboxylic acids is 1. The zero-order valence-electron chi connectivity index (χ0n) is 11.7. The Morgan fingerprint density at radius 2 is 1.95 bits per heavy atom. The van der Waals surface area contributed by atoms with Crippen LogP contribution in [-0.2, 0) is 9.59 Å². The van der Waals surface area contributed by atoms with Crippen molar-refractivity contribution in [1.29, 1.82) is 0 Å². The number of rotatable bonds is 6. The van der Waals surface area contributed by atoms with Crippen molar-refractivity contribution in [3.8, 4) is 0 Å². The fourth-order valence-electron chi connectivity index (χ4n) is 2.71. The van der Waals surface area contributed by atoms with Crippen molar-refractivity contribution in [1.82, 2.24) is 10.2 Å². The van der Waals surface area contributed by atoms with Crippen molar-refractivity contribution in [3.05, 3.63) is 0 Å². The predicted octanol–water partition coefficient (Wildman–Crippen LogP) is 1.23. The smallest absolute Gasteiger partial charge is 0.309 e. The standard InChI is InChI=1S/C14H24N2O3/c1-2-14(13(18)19)6-9-16(10-7-14)8-5-12(17)15-11-3-4-11/h11H,2-10H2,1H3,(H,15,17)(H,18,19). The molecule has 1 aliphatic heterocycles. The summed E-state index contributed by atoms with van der Waals surface area (Å²) in [6, 6.07) is 0.425. The van der Waals surface area contributed by atoms with Crippen molar-refractivity contribution in [2.45, 2.75) is 51.5 Å². The van der Waals surface area contributed by atoms with Crippen LogP contribution in [0.2, 0.25) is 0 Å². The van der Waals surface area contributed by atoms with Crippen LogP contribution in [0.4, 0.5) is 0 Å². The molecule has 1 aliphatic carbocycles. The van der Waals surface area contributed by atoms with E-state index in [-0.39, 0.29) is 5.91 Å². The quantitative estimate of drug-likeness (QED) is 0.760. The molecule has 2 rings (SSSR count). The summed E-state index contributed by atoms with van der Waals surface area (Å²) < 4.78 is 0. The molecule has 2 aliphatic rings. The molecule has 0 spiro atoms. The number of carbonyl (C=O) groups is 2. The van der Waals surface area contributed by atoms with Gasteiger partial charge in [0.05, 0.1) is 5.41 Å². The Kier molecular flexibility index (Phi) is 4.45. The summed E-state index contributed by atoms with van der Waals surface area (Å²) in [5.74, 6) is -0.533. The minimum atomic E-state index is -0.666. The van der Waals surface area contributed by atoms with Gasteiger partial charge in [0.2, 0.25) is 5.91 Å². The molecule has 1 saturated heterocycles. The lowest BCUT2D eigenvalue weighted by molar-refractivity contribution is -0.152. The number of nitrogens with one attached hydrogen (secondary N) is 1. The molecule has 108 valence electrons. The Morgan fingerprint density at radius 1 is 1.32 bits per heavy atom. The SMILES string of the molecule is CCC1(C(=O)O)CCN(CCC(=O)NC2CC2)CC1. The first-order valence-electron chi connectivity index (χ1n) is 7.31. The summed E-state index contributed by atoms with van der Waals surface area (Å²) in [6.07, 6.45) is 4.85. The molecule has 1 saturated carbocycles. The number of likely N-dealkylation sites (tertiary alicyclic amines) is 1. The minimum absolute atomic E-state index is 0.132. The van der Waals surface area contributed by atoms with Gasteiger partial charge >= 0.3 is 5.97 Å². The Hall–Kier alpha value is -1.10. The van der Waals surface area contributed by atoms with Crippen molar-refractivity contribution in [2.24, 2.45) is 5.41 Å². The zero-order valence-corrected chi connectivity index (χ0v) is 11.7. The highest BCUT2D eigenvalue weighted by Crippen LogP contribution is 2.35. The van der Waals surface area contributed by atoms with E-state index in [1.165, 1.54) is 0 Å². The molecule has 0 aromatic rings. The van der Waals surface area contributed by atoms with Gasteiger partial charge in [-0.1, -0.05) is 6.92 Å². The lowest BCUT2D eigenvalue weighted by atomic mass is 9.76. The lowest BCUT2D eigenvalue weighted by Gasteiger charge is -2.38. The second-order valence-electron chi connectivity index (χ2n) is 5.87. The van der Waals surface area contributed by atoms with Gasteiger partial charge in [0.15, 0.2) is 0 Å². The second-order valence-corrected chi connectivity index (χ2v) is 5.87. The van der Waals surface area contributed by atoms with Crippen LogP contribution in [0.1, 0.15) is 45.4 Å². The van der Waals surface area contributed by atoms with E-state index >= 15 is 0 Å².